The second-order valence-corrected chi connectivity index (χ2v) is 5.17. The Morgan fingerprint density at radius 3 is 2.61 bits per heavy atom. The quantitative estimate of drug-likeness (QED) is 0.340. The first-order valence-electron chi connectivity index (χ1n) is 6.86. The number of amides is 1. The average Bonchev–Trinajstić information content (AvgIpc) is 2.43. The molecule has 5 nitrogen and oxygen atoms in total. The zero-order valence-corrected chi connectivity index (χ0v) is 11.4. The van der Waals surface area contributed by atoms with Gasteiger partial charge in [-0.2, -0.15) is 0 Å². The fourth-order valence-electron chi connectivity index (χ4n) is 2.42. The van der Waals surface area contributed by atoms with Crippen molar-refractivity contribution in [2.75, 3.05) is 13.1 Å². The van der Waals surface area contributed by atoms with Crippen LogP contribution in [0.4, 0.5) is 0 Å². The minimum Gasteiger partial charge on any atom is -0.409 e. The summed E-state index contributed by atoms with van der Waals surface area (Å²) in [7, 11) is 0. The van der Waals surface area contributed by atoms with E-state index in [-0.39, 0.29) is 17.7 Å². The number of hydrogen-bond donors (Lipinski definition) is 2. The van der Waals surface area contributed by atoms with Gasteiger partial charge in [-0.3, -0.25) is 4.79 Å². The molecule has 1 saturated heterocycles. The van der Waals surface area contributed by atoms with Crippen molar-refractivity contribution in [1.29, 1.82) is 0 Å². The number of nitrogens with two attached hydrogens (primary N) is 1. The van der Waals surface area contributed by atoms with Gasteiger partial charge in [0.25, 0.3) is 0 Å². The lowest BCUT2D eigenvalue weighted by molar-refractivity contribution is -0.136. The van der Waals surface area contributed by atoms with Crippen LogP contribution in [0.3, 0.4) is 0 Å². The molecule has 1 amide bonds. The van der Waals surface area contributed by atoms with Crippen LogP contribution in [0, 0.1) is 11.8 Å². The molecule has 1 rings (SSSR count). The van der Waals surface area contributed by atoms with Gasteiger partial charge in [0.2, 0.25) is 5.91 Å². The van der Waals surface area contributed by atoms with E-state index >= 15 is 0 Å². The molecular weight excluding hydrogens is 230 g/mol. The summed E-state index contributed by atoms with van der Waals surface area (Å²) in [5.41, 5.74) is 5.59. The monoisotopic (exact) mass is 255 g/mol. The Morgan fingerprint density at radius 2 is 2.11 bits per heavy atom. The highest BCUT2D eigenvalue weighted by Gasteiger charge is 2.27. The van der Waals surface area contributed by atoms with Crippen LogP contribution in [0.1, 0.15) is 46.0 Å². The number of carbonyl (C=O) groups excluding carboxylic acids is 1. The predicted molar refractivity (Wildman–Crippen MR) is 71.4 cm³/mol. The summed E-state index contributed by atoms with van der Waals surface area (Å²) in [5.74, 6) is 0.776. The average molecular weight is 255 g/mol. The van der Waals surface area contributed by atoms with Crippen LogP contribution in [0.15, 0.2) is 5.16 Å². The first-order chi connectivity index (χ1) is 8.60. The lowest BCUT2D eigenvalue weighted by Crippen LogP contribution is -2.43. The van der Waals surface area contributed by atoms with Crippen molar-refractivity contribution in [3.63, 3.8) is 0 Å². The molecule has 104 valence electrons. The van der Waals surface area contributed by atoms with E-state index in [0.717, 1.165) is 45.2 Å². The molecule has 0 saturated carbocycles. The van der Waals surface area contributed by atoms with Gasteiger partial charge in [-0.15, -0.1) is 0 Å². The molecule has 0 radical (unpaired) electrons. The summed E-state index contributed by atoms with van der Waals surface area (Å²) in [4.78, 5) is 14.1. The van der Waals surface area contributed by atoms with Crippen molar-refractivity contribution in [3.8, 4) is 0 Å². The van der Waals surface area contributed by atoms with Gasteiger partial charge < -0.3 is 15.8 Å². The van der Waals surface area contributed by atoms with Crippen molar-refractivity contribution in [1.82, 2.24) is 4.90 Å². The maximum Gasteiger partial charge on any atom is 0.225 e. The summed E-state index contributed by atoms with van der Waals surface area (Å²) in [6.07, 6.45) is 4.79. The minimum absolute atomic E-state index is 0.116. The van der Waals surface area contributed by atoms with Crippen molar-refractivity contribution in [2.24, 2.45) is 22.7 Å². The highest BCUT2D eigenvalue weighted by molar-refractivity contribution is 5.83. The molecule has 0 aromatic rings. The summed E-state index contributed by atoms with van der Waals surface area (Å²) < 4.78 is 0. The molecule has 1 aliphatic rings. The van der Waals surface area contributed by atoms with Crippen LogP contribution in [0.5, 0.6) is 0 Å². The molecule has 1 atom stereocenters. The van der Waals surface area contributed by atoms with Gasteiger partial charge >= 0.3 is 0 Å². The number of amidine groups is 1. The highest BCUT2D eigenvalue weighted by Crippen LogP contribution is 2.20. The molecule has 18 heavy (non-hydrogen) atoms. The van der Waals surface area contributed by atoms with Gasteiger partial charge in [-0.25, -0.2) is 0 Å². The fraction of sp³-hybridized carbons (Fsp3) is 0.846. The molecule has 1 heterocycles. The lowest BCUT2D eigenvalue weighted by Gasteiger charge is -2.33. The van der Waals surface area contributed by atoms with Crippen molar-refractivity contribution in [2.45, 2.75) is 46.0 Å². The van der Waals surface area contributed by atoms with E-state index in [1.54, 1.807) is 0 Å². The van der Waals surface area contributed by atoms with E-state index in [1.165, 1.54) is 0 Å². The molecule has 3 N–H and O–H groups in total. The summed E-state index contributed by atoms with van der Waals surface area (Å²) in [6, 6.07) is 0. The Balaban J connectivity index is 2.40. The molecule has 1 fully saturated rings. The normalized spacial score (nSPS) is 19.9. The van der Waals surface area contributed by atoms with Crippen LogP contribution < -0.4 is 5.73 Å². The number of carbonyl (C=O) groups is 1. The Bertz CT molecular complexity index is 297. The Hall–Kier alpha value is -1.26. The molecule has 0 bridgehead atoms. The third-order valence-corrected chi connectivity index (χ3v) is 3.75. The van der Waals surface area contributed by atoms with E-state index < -0.39 is 0 Å². The van der Waals surface area contributed by atoms with E-state index in [0.29, 0.717) is 5.84 Å². The smallest absolute Gasteiger partial charge is 0.225 e. The zero-order chi connectivity index (χ0) is 13.5. The predicted octanol–water partition coefficient (Wildman–Crippen LogP) is 1.80. The SMILES string of the molecule is CCCCC(C)C(=O)N1CCC(C(N)=NO)CC1. The van der Waals surface area contributed by atoms with Crippen LogP contribution in [0.2, 0.25) is 0 Å². The number of piperidine rings is 1. The Labute approximate surface area is 109 Å². The number of unbranched alkanes of at least 4 members (excludes halogenated alkanes) is 1. The van der Waals surface area contributed by atoms with Crippen molar-refractivity contribution >= 4 is 11.7 Å². The van der Waals surface area contributed by atoms with Crippen molar-refractivity contribution < 1.29 is 10.0 Å². The minimum atomic E-state index is 0.116. The summed E-state index contributed by atoms with van der Waals surface area (Å²) in [6.45, 7) is 5.58. The standard InChI is InChI=1S/C13H25N3O2/c1-3-4-5-10(2)13(17)16-8-6-11(7-9-16)12(14)15-18/h10-11,18H,3-9H2,1-2H3,(H2,14,15). The van der Waals surface area contributed by atoms with Gasteiger partial charge in [0, 0.05) is 24.9 Å². The third kappa shape index (κ3) is 3.89. The largest absolute Gasteiger partial charge is 0.409 e. The molecule has 0 spiro atoms. The van der Waals surface area contributed by atoms with Gasteiger partial charge in [-0.1, -0.05) is 31.8 Å². The number of likely N-dealkylation sites (tertiary alicyclic amines) is 1. The molecule has 0 aromatic carbocycles. The van der Waals surface area contributed by atoms with E-state index in [1.807, 2.05) is 11.8 Å². The molecule has 1 aliphatic heterocycles. The highest BCUT2D eigenvalue weighted by atomic mass is 16.4. The number of nitrogens with zero attached hydrogens (tertiary/aromatic N) is 2. The third-order valence-electron chi connectivity index (χ3n) is 3.75. The first-order valence-corrected chi connectivity index (χ1v) is 6.86. The molecular formula is C13H25N3O2. The molecule has 0 aliphatic carbocycles. The first kappa shape index (κ1) is 14.8. The molecule has 5 heteroatoms. The second-order valence-electron chi connectivity index (χ2n) is 5.17. The van der Waals surface area contributed by atoms with Crippen LogP contribution in [0.25, 0.3) is 0 Å². The number of hydrogen-bond acceptors (Lipinski definition) is 3. The van der Waals surface area contributed by atoms with E-state index in [9.17, 15) is 4.79 Å². The summed E-state index contributed by atoms with van der Waals surface area (Å²) >= 11 is 0. The zero-order valence-electron chi connectivity index (χ0n) is 11.4. The van der Waals surface area contributed by atoms with Gasteiger partial charge in [-0.05, 0) is 19.3 Å². The van der Waals surface area contributed by atoms with Crippen LogP contribution in [-0.4, -0.2) is 34.9 Å². The van der Waals surface area contributed by atoms with Crippen LogP contribution in [-0.2, 0) is 4.79 Å². The second kappa shape index (κ2) is 7.24. The number of oxime groups is 1. The molecule has 0 aromatic heterocycles. The van der Waals surface area contributed by atoms with Gasteiger partial charge in [0.05, 0.1) is 0 Å². The van der Waals surface area contributed by atoms with Crippen molar-refractivity contribution in [3.05, 3.63) is 0 Å². The topological polar surface area (TPSA) is 78.9 Å². The van der Waals surface area contributed by atoms with E-state index in [2.05, 4.69) is 12.1 Å². The Morgan fingerprint density at radius 1 is 1.50 bits per heavy atom. The van der Waals surface area contributed by atoms with Gasteiger partial charge in [0.1, 0.15) is 5.84 Å². The lowest BCUT2D eigenvalue weighted by atomic mass is 9.94. The fourth-order valence-corrected chi connectivity index (χ4v) is 2.42. The Kier molecular flexibility index (Phi) is 5.95. The maximum atomic E-state index is 12.2. The summed E-state index contributed by atoms with van der Waals surface area (Å²) in [5, 5.41) is 11.7. The molecule has 1 unspecified atom stereocenters. The maximum absolute atomic E-state index is 12.2. The van der Waals surface area contributed by atoms with Crippen LogP contribution >= 0.6 is 0 Å². The number of rotatable bonds is 5. The van der Waals surface area contributed by atoms with Gasteiger partial charge in [0.15, 0.2) is 0 Å². The van der Waals surface area contributed by atoms with E-state index in [4.69, 9.17) is 10.9 Å².